The van der Waals surface area contributed by atoms with Gasteiger partial charge >= 0.3 is 0 Å². The van der Waals surface area contributed by atoms with E-state index in [-0.39, 0.29) is 45.3 Å². The highest BCUT2D eigenvalue weighted by atomic mass is 35.5. The van der Waals surface area contributed by atoms with E-state index in [0.29, 0.717) is 23.7 Å². The molecular formula is C29H24ClF4N7O2. The van der Waals surface area contributed by atoms with Crippen molar-refractivity contribution in [2.75, 3.05) is 16.8 Å². The number of pyridine rings is 1. The lowest BCUT2D eigenvalue weighted by molar-refractivity contribution is -0.118. The summed E-state index contributed by atoms with van der Waals surface area (Å²) in [6.07, 6.45) is 3.24. The molecule has 1 saturated carbocycles. The van der Waals surface area contributed by atoms with Crippen LogP contribution in [0.4, 0.5) is 28.9 Å². The van der Waals surface area contributed by atoms with E-state index in [1.54, 1.807) is 18.7 Å². The zero-order chi connectivity index (χ0) is 30.7. The third kappa shape index (κ3) is 5.01. The number of anilines is 2. The largest absolute Gasteiger partial charge is 0.318 e. The van der Waals surface area contributed by atoms with Crippen LogP contribution in [0, 0.1) is 37.3 Å². The van der Waals surface area contributed by atoms with Crippen LogP contribution in [0.15, 0.2) is 36.9 Å². The molecule has 2 amide bonds. The Labute approximate surface area is 247 Å². The SMILES string of the molecule is Cc1ncc(-c2c(C(F)F)ccc(Cl)c2F)nc1C(=O)Nc1cnn(C(C)c2ncc(N3C[C@H]4C[C@H]4C3=O)c(C)c2F)c1. The fraction of sp³-hybridized carbons (Fsp3) is 0.310. The van der Waals surface area contributed by atoms with Gasteiger partial charge in [-0.2, -0.15) is 5.10 Å². The van der Waals surface area contributed by atoms with Crippen LogP contribution in [0.3, 0.4) is 0 Å². The lowest BCUT2D eigenvalue weighted by Gasteiger charge is -2.22. The van der Waals surface area contributed by atoms with E-state index in [9.17, 15) is 22.8 Å². The summed E-state index contributed by atoms with van der Waals surface area (Å²) < 4.78 is 58.9. The van der Waals surface area contributed by atoms with E-state index >= 15 is 4.39 Å². The third-order valence-electron chi connectivity index (χ3n) is 7.92. The van der Waals surface area contributed by atoms with E-state index in [1.165, 1.54) is 30.2 Å². The standard InChI is InChI=1S/C29H24ClF4N7O2/c1-12-21(40-10-15-6-18(15)29(40)43)9-36-26(23(12)31)14(3)41-11-16(7-37-41)38-28(42)25-13(2)35-8-20(39-25)22-17(27(33)34)4-5-19(30)24(22)32/h4-5,7-9,11,14-15,18,27H,6,10H2,1-3H3,(H,38,42)/t14?,15-,18-/m1/s1. The van der Waals surface area contributed by atoms with Crippen LogP contribution in [-0.2, 0) is 4.79 Å². The van der Waals surface area contributed by atoms with Crippen LogP contribution in [0.25, 0.3) is 11.3 Å². The Morgan fingerprint density at radius 2 is 1.88 bits per heavy atom. The maximum absolute atomic E-state index is 15.5. The van der Waals surface area contributed by atoms with Crippen LogP contribution in [0.2, 0.25) is 5.02 Å². The van der Waals surface area contributed by atoms with Gasteiger partial charge in [0, 0.05) is 35.3 Å². The Morgan fingerprint density at radius 3 is 2.58 bits per heavy atom. The second-order valence-electron chi connectivity index (χ2n) is 10.7. The van der Waals surface area contributed by atoms with Gasteiger partial charge in [-0.05, 0) is 39.2 Å². The number of carbonyl (C=O) groups is 2. The number of nitrogens with zero attached hydrogens (tertiary/aromatic N) is 6. The molecular weight excluding hydrogens is 590 g/mol. The Morgan fingerprint density at radius 1 is 1.12 bits per heavy atom. The first kappa shape index (κ1) is 28.7. The van der Waals surface area contributed by atoms with Gasteiger partial charge in [0.25, 0.3) is 12.3 Å². The maximum Gasteiger partial charge on any atom is 0.276 e. The van der Waals surface area contributed by atoms with Gasteiger partial charge in [0.15, 0.2) is 11.6 Å². The van der Waals surface area contributed by atoms with Crippen molar-refractivity contribution < 1.29 is 27.2 Å². The molecule has 0 radical (unpaired) electrons. The number of aryl methyl sites for hydroxylation is 1. The van der Waals surface area contributed by atoms with Gasteiger partial charge in [-0.1, -0.05) is 17.7 Å². The summed E-state index contributed by atoms with van der Waals surface area (Å²) in [5, 5.41) is 6.44. The molecule has 0 bridgehead atoms. The quantitative estimate of drug-likeness (QED) is 0.254. The highest BCUT2D eigenvalue weighted by Gasteiger charge is 2.53. The van der Waals surface area contributed by atoms with Crippen molar-refractivity contribution >= 4 is 34.8 Å². The molecule has 1 aromatic carbocycles. The van der Waals surface area contributed by atoms with Crippen molar-refractivity contribution in [3.05, 3.63) is 81.8 Å². The van der Waals surface area contributed by atoms with E-state index in [0.717, 1.165) is 24.8 Å². The van der Waals surface area contributed by atoms with Crippen LogP contribution in [-0.4, -0.2) is 43.1 Å². The molecule has 1 N–H and O–H groups in total. The minimum Gasteiger partial charge on any atom is -0.318 e. The molecule has 0 spiro atoms. The topological polar surface area (TPSA) is 106 Å². The van der Waals surface area contributed by atoms with E-state index in [1.807, 2.05) is 0 Å². The van der Waals surface area contributed by atoms with Gasteiger partial charge in [0.1, 0.15) is 11.4 Å². The van der Waals surface area contributed by atoms with Gasteiger partial charge in [-0.25, -0.2) is 22.5 Å². The lowest BCUT2D eigenvalue weighted by atomic mass is 10.0. The maximum atomic E-state index is 15.5. The van der Waals surface area contributed by atoms with Crippen molar-refractivity contribution in [1.82, 2.24) is 24.7 Å². The van der Waals surface area contributed by atoms with Gasteiger partial charge in [-0.3, -0.25) is 24.2 Å². The molecule has 6 rings (SSSR count). The molecule has 3 aromatic heterocycles. The van der Waals surface area contributed by atoms with Crippen molar-refractivity contribution in [3.8, 4) is 11.3 Å². The minimum atomic E-state index is -3.03. The fourth-order valence-electron chi connectivity index (χ4n) is 5.37. The number of hydrogen-bond acceptors (Lipinski definition) is 6. The predicted octanol–water partition coefficient (Wildman–Crippen LogP) is 6.07. The Kier molecular flexibility index (Phi) is 7.15. The second kappa shape index (κ2) is 10.7. The molecule has 1 saturated heterocycles. The summed E-state index contributed by atoms with van der Waals surface area (Å²) >= 11 is 5.82. The molecule has 222 valence electrons. The van der Waals surface area contributed by atoms with Crippen LogP contribution < -0.4 is 10.2 Å². The first-order valence-corrected chi connectivity index (χ1v) is 13.8. The minimum absolute atomic E-state index is 0.000171. The van der Waals surface area contributed by atoms with E-state index in [2.05, 4.69) is 25.4 Å². The summed E-state index contributed by atoms with van der Waals surface area (Å²) in [5.41, 5.74) is -0.452. The molecule has 2 aliphatic rings. The summed E-state index contributed by atoms with van der Waals surface area (Å²) in [6.45, 7) is 5.33. The Balaban J connectivity index is 1.22. The molecule has 4 heterocycles. The van der Waals surface area contributed by atoms with Crippen LogP contribution >= 0.6 is 11.6 Å². The highest BCUT2D eigenvalue weighted by molar-refractivity contribution is 6.31. The Hall–Kier alpha value is -4.39. The average Bonchev–Trinajstić information content (AvgIpc) is 3.47. The number of halogens is 5. The van der Waals surface area contributed by atoms with Crippen molar-refractivity contribution in [2.24, 2.45) is 11.8 Å². The first-order chi connectivity index (χ1) is 20.5. The van der Waals surface area contributed by atoms with E-state index < -0.39 is 41.1 Å². The Bertz CT molecular complexity index is 1800. The molecule has 14 heteroatoms. The first-order valence-electron chi connectivity index (χ1n) is 13.4. The van der Waals surface area contributed by atoms with Crippen LogP contribution in [0.1, 0.15) is 58.8 Å². The summed E-state index contributed by atoms with van der Waals surface area (Å²) in [6, 6.07) is 1.33. The van der Waals surface area contributed by atoms with Crippen molar-refractivity contribution in [1.29, 1.82) is 0 Å². The van der Waals surface area contributed by atoms with Gasteiger partial charge < -0.3 is 10.2 Å². The summed E-state index contributed by atoms with van der Waals surface area (Å²) in [7, 11) is 0. The van der Waals surface area contributed by atoms with E-state index in [4.69, 9.17) is 11.6 Å². The number of amides is 2. The smallest absolute Gasteiger partial charge is 0.276 e. The number of alkyl halides is 2. The molecule has 43 heavy (non-hydrogen) atoms. The molecule has 4 aromatic rings. The highest BCUT2D eigenvalue weighted by Crippen LogP contribution is 2.48. The predicted molar refractivity (Wildman–Crippen MR) is 149 cm³/mol. The number of fused-ring (bicyclic) bond motifs is 1. The third-order valence-corrected chi connectivity index (χ3v) is 8.21. The summed E-state index contributed by atoms with van der Waals surface area (Å²) in [5.74, 6) is -2.05. The number of piperidine rings is 1. The zero-order valence-corrected chi connectivity index (χ0v) is 23.8. The summed E-state index contributed by atoms with van der Waals surface area (Å²) in [4.78, 5) is 39.7. The molecule has 3 atom stereocenters. The monoisotopic (exact) mass is 613 g/mol. The second-order valence-corrected chi connectivity index (χ2v) is 11.1. The number of aromatic nitrogens is 5. The molecule has 1 aliphatic carbocycles. The number of hydrogen-bond donors (Lipinski definition) is 1. The molecule has 1 aliphatic heterocycles. The number of benzene rings is 1. The van der Waals surface area contributed by atoms with Crippen molar-refractivity contribution in [2.45, 2.75) is 39.7 Å². The fourth-order valence-corrected chi connectivity index (χ4v) is 5.53. The van der Waals surface area contributed by atoms with Gasteiger partial charge in [-0.15, -0.1) is 0 Å². The molecule has 1 unspecified atom stereocenters. The van der Waals surface area contributed by atoms with Crippen LogP contribution in [0.5, 0.6) is 0 Å². The number of carbonyl (C=O) groups excluding carboxylic acids is 2. The normalized spacial score (nSPS) is 18.3. The lowest BCUT2D eigenvalue weighted by Crippen LogP contribution is -2.29. The number of nitrogens with one attached hydrogen (secondary N) is 1. The van der Waals surface area contributed by atoms with Crippen molar-refractivity contribution in [3.63, 3.8) is 0 Å². The molecule has 9 nitrogen and oxygen atoms in total. The van der Waals surface area contributed by atoms with Gasteiger partial charge in [0.05, 0.1) is 52.4 Å². The zero-order valence-electron chi connectivity index (χ0n) is 23.1. The van der Waals surface area contributed by atoms with Gasteiger partial charge in [0.2, 0.25) is 5.91 Å². The average molecular weight is 614 g/mol. The number of rotatable bonds is 7. The molecule has 2 fully saturated rings.